The van der Waals surface area contributed by atoms with Gasteiger partial charge in [-0.15, -0.1) is 6.42 Å². The van der Waals surface area contributed by atoms with Gasteiger partial charge in [0.1, 0.15) is 43.7 Å². The van der Waals surface area contributed by atoms with Gasteiger partial charge in [0.25, 0.3) is 5.91 Å². The largest absolute Gasteiger partial charge is 0.632 e. The van der Waals surface area contributed by atoms with Gasteiger partial charge in [0.15, 0.2) is 6.04 Å². The van der Waals surface area contributed by atoms with E-state index >= 15 is 4.39 Å². The number of amides is 3. The third-order valence-electron chi connectivity index (χ3n) is 18.7. The molecule has 0 radical (unpaired) electrons. The summed E-state index contributed by atoms with van der Waals surface area (Å²) in [6.07, 6.45) is 16.4. The van der Waals surface area contributed by atoms with Crippen molar-refractivity contribution < 1.29 is 42.7 Å². The third kappa shape index (κ3) is 10.7. The second kappa shape index (κ2) is 22.1. The summed E-state index contributed by atoms with van der Waals surface area (Å²) in [6.45, 7) is 17.1. The van der Waals surface area contributed by atoms with Crippen LogP contribution in [0.25, 0.3) is 32.9 Å². The quantitative estimate of drug-likeness (QED) is 0.0396. The van der Waals surface area contributed by atoms with Crippen molar-refractivity contribution in [3.63, 3.8) is 0 Å². The lowest BCUT2D eigenvalue weighted by Gasteiger charge is -2.45. The number of fused-ring (bicyclic) bond motifs is 4. The number of aryl methyl sites for hydroxylation is 1. The molecule has 6 fully saturated rings. The van der Waals surface area contributed by atoms with Crippen LogP contribution in [0, 0.1) is 35.2 Å². The number of phenolic OH excluding ortho intramolecular Hbond substituents is 1. The van der Waals surface area contributed by atoms with Crippen LogP contribution in [0.4, 0.5) is 20.7 Å². The second-order valence-corrected chi connectivity index (χ2v) is 24.4. The molecule has 2 N–H and O–H groups in total. The first kappa shape index (κ1) is 54.7. The Kier molecular flexibility index (Phi) is 14.9. The van der Waals surface area contributed by atoms with E-state index in [9.17, 15) is 24.7 Å². The number of hydrogen-bond acceptors (Lipinski definition) is 14. The second-order valence-electron chi connectivity index (χ2n) is 24.4. The molecule has 12 rings (SSSR count). The molecular formula is C63H74FN9O8. The molecule has 6 atom stereocenters. The molecule has 18 heteroatoms. The summed E-state index contributed by atoms with van der Waals surface area (Å²) >= 11 is 0. The molecule has 17 nitrogen and oxygen atoms in total. The Morgan fingerprint density at radius 1 is 0.951 bits per heavy atom. The number of halogens is 1. The molecular weight excluding hydrogens is 1030 g/mol. The minimum atomic E-state index is -0.770. The molecule has 5 aromatic rings. The number of rotatable bonds is 12. The average molecular weight is 1100 g/mol. The number of ether oxygens (including phenoxy) is 3. The first-order chi connectivity index (χ1) is 39.1. The highest BCUT2D eigenvalue weighted by Gasteiger charge is 2.52. The monoisotopic (exact) mass is 1100 g/mol. The van der Waals surface area contributed by atoms with Gasteiger partial charge in [0, 0.05) is 104 Å². The Hall–Kier alpha value is -6.91. The molecule has 7 aliphatic rings. The normalized spacial score (nSPS) is 26.7. The van der Waals surface area contributed by atoms with Crippen LogP contribution < -0.4 is 19.9 Å². The number of carbonyl (C=O) groups is 3. The fourth-order valence-corrected chi connectivity index (χ4v) is 14.5. The number of phenols is 1. The van der Waals surface area contributed by atoms with Gasteiger partial charge >= 0.3 is 12.1 Å². The smallest absolute Gasteiger partial charge is 0.409 e. The fraction of sp³-hybridized carbons (Fsp3) is 0.524. The number of aromatic hydroxyl groups is 1. The van der Waals surface area contributed by atoms with Crippen LogP contribution in [0.1, 0.15) is 114 Å². The first-order valence-electron chi connectivity index (χ1n) is 29.4. The summed E-state index contributed by atoms with van der Waals surface area (Å²) in [4.78, 5) is 62.4. The molecule has 426 valence electrons. The van der Waals surface area contributed by atoms with Crippen molar-refractivity contribution in [2.75, 3.05) is 68.8 Å². The molecule has 7 aliphatic heterocycles. The van der Waals surface area contributed by atoms with Crippen LogP contribution in [-0.2, 0) is 38.6 Å². The van der Waals surface area contributed by atoms with E-state index in [1.807, 2.05) is 13.0 Å². The van der Waals surface area contributed by atoms with Crippen LogP contribution >= 0.6 is 0 Å². The zero-order valence-corrected chi connectivity index (χ0v) is 46.9. The Balaban J connectivity index is 0.677. The molecule has 2 aromatic heterocycles. The van der Waals surface area contributed by atoms with E-state index in [-0.39, 0.29) is 85.7 Å². The van der Waals surface area contributed by atoms with Gasteiger partial charge in [-0.2, -0.15) is 9.97 Å². The number of terminal acetylenes is 1. The number of pyridine rings is 1. The predicted molar refractivity (Wildman–Crippen MR) is 307 cm³/mol. The lowest BCUT2D eigenvalue weighted by molar-refractivity contribution is -0.916. The molecule has 9 heterocycles. The Morgan fingerprint density at radius 2 is 1.69 bits per heavy atom. The number of benzene rings is 3. The zero-order valence-electron chi connectivity index (χ0n) is 46.9. The number of anilines is 2. The maximum Gasteiger partial charge on any atom is 0.409 e. The third-order valence-corrected chi connectivity index (χ3v) is 18.7. The predicted octanol–water partition coefficient (Wildman–Crippen LogP) is 9.07. The number of imide groups is 1. The van der Waals surface area contributed by atoms with Crippen LogP contribution in [0.3, 0.4) is 0 Å². The van der Waals surface area contributed by atoms with Gasteiger partial charge < -0.3 is 43.9 Å². The van der Waals surface area contributed by atoms with Crippen molar-refractivity contribution >= 4 is 51.1 Å². The number of aromatic nitrogens is 3. The van der Waals surface area contributed by atoms with Gasteiger partial charge in [0.05, 0.1) is 39.9 Å². The van der Waals surface area contributed by atoms with Gasteiger partial charge in [-0.1, -0.05) is 51.0 Å². The van der Waals surface area contributed by atoms with Gasteiger partial charge in [-0.05, 0) is 112 Å². The van der Waals surface area contributed by atoms with Crippen molar-refractivity contribution in [1.29, 1.82) is 0 Å². The van der Waals surface area contributed by atoms with Crippen molar-refractivity contribution in [3.8, 4) is 35.4 Å². The van der Waals surface area contributed by atoms with E-state index in [1.54, 1.807) is 29.3 Å². The van der Waals surface area contributed by atoms with Crippen molar-refractivity contribution in [3.05, 3.63) is 94.1 Å². The summed E-state index contributed by atoms with van der Waals surface area (Å²) < 4.78 is 34.3. The molecule has 0 bridgehead atoms. The standard InChI is InChI=1S/C63H74FN9O8/c1-6-49-53(64)13-11-41-27-46(74)28-51(56(41)49)57-50(7-2)58-52(30-65-57)59(71-31-38(3)8-9-39(4)32-71)68-61(67-58)80-37-63-21-16-45(72(63)33-40(5)29-63)36-79-62(77)70-24-19-48(20-25-70)81-47-17-22-69(23-18-47)44-12-10-42-34-73(78,35-43(42)26-44)54-14-15-55(75)66-60(54)76/h1,10-13,26-28,30,38-39,45,47-48,54,74H,5,7-9,14-25,29,31-37H2,2-4H3,(H,66,75,76). The number of nitrogens with one attached hydrogen (secondary N) is 1. The summed E-state index contributed by atoms with van der Waals surface area (Å²) in [5, 5.41) is 29.1. The minimum absolute atomic E-state index is 0.0130. The maximum atomic E-state index is 15.3. The van der Waals surface area contributed by atoms with Crippen LogP contribution in [0.15, 0.2) is 60.8 Å². The molecule has 3 amide bonds. The van der Waals surface area contributed by atoms with Crippen LogP contribution in [0.5, 0.6) is 11.8 Å². The van der Waals surface area contributed by atoms with E-state index in [0.717, 1.165) is 123 Å². The number of quaternary nitrogens is 1. The van der Waals surface area contributed by atoms with Crippen LogP contribution in [-0.4, -0.2) is 141 Å². The molecule has 81 heavy (non-hydrogen) atoms. The molecule has 6 unspecified atom stereocenters. The van der Waals surface area contributed by atoms with Gasteiger partial charge in [0.2, 0.25) is 5.91 Å². The number of likely N-dealkylation sites (tertiary alicyclic amines) is 1. The lowest BCUT2D eigenvalue weighted by atomic mass is 9.93. The zero-order chi connectivity index (χ0) is 56.3. The van der Waals surface area contributed by atoms with E-state index in [4.69, 9.17) is 35.6 Å². The topological polar surface area (TPSA) is 186 Å². The van der Waals surface area contributed by atoms with E-state index in [0.29, 0.717) is 72.0 Å². The number of nitrogens with zero attached hydrogens (tertiary/aromatic N) is 8. The highest BCUT2D eigenvalue weighted by Crippen LogP contribution is 2.46. The Morgan fingerprint density at radius 3 is 2.42 bits per heavy atom. The summed E-state index contributed by atoms with van der Waals surface area (Å²) in [6, 6.07) is 11.8. The molecule has 3 aromatic carbocycles. The minimum Gasteiger partial charge on any atom is -0.632 e. The average Bonchev–Trinajstić information content (AvgIpc) is 4.27. The number of hydrogen-bond donors (Lipinski definition) is 2. The van der Waals surface area contributed by atoms with Crippen molar-refractivity contribution in [2.45, 2.75) is 141 Å². The van der Waals surface area contributed by atoms with E-state index in [2.05, 4.69) is 58.5 Å². The van der Waals surface area contributed by atoms with Crippen LogP contribution in [0.2, 0.25) is 0 Å². The summed E-state index contributed by atoms with van der Waals surface area (Å²) in [7, 11) is 0. The molecule has 6 saturated heterocycles. The van der Waals surface area contributed by atoms with E-state index < -0.39 is 22.4 Å². The maximum absolute atomic E-state index is 15.3. The van der Waals surface area contributed by atoms with Crippen molar-refractivity contribution in [1.82, 2.24) is 30.1 Å². The van der Waals surface area contributed by atoms with Gasteiger partial charge in [-0.3, -0.25) is 24.8 Å². The van der Waals surface area contributed by atoms with E-state index in [1.165, 1.54) is 6.07 Å². The lowest BCUT2D eigenvalue weighted by Crippen LogP contribution is -2.58. The van der Waals surface area contributed by atoms with Gasteiger partial charge in [-0.25, -0.2) is 9.18 Å². The number of piperidine rings is 3. The molecule has 0 aliphatic carbocycles. The highest BCUT2D eigenvalue weighted by molar-refractivity contribution is 6.04. The Labute approximate surface area is 473 Å². The highest BCUT2D eigenvalue weighted by atomic mass is 19.1. The summed E-state index contributed by atoms with van der Waals surface area (Å²) in [5.74, 6) is 2.90. The number of hydroxylamine groups is 3. The first-order valence-corrected chi connectivity index (χ1v) is 29.4. The number of carbonyl (C=O) groups excluding carboxylic acids is 3. The fourth-order valence-electron chi connectivity index (χ4n) is 14.5. The Bertz CT molecular complexity index is 3340. The summed E-state index contributed by atoms with van der Waals surface area (Å²) in [5.41, 5.74) is 6.39. The molecule has 0 spiro atoms. The van der Waals surface area contributed by atoms with Crippen molar-refractivity contribution in [2.24, 2.45) is 11.8 Å². The SMILES string of the molecule is C#Cc1c(F)ccc2cc(O)cc(-c3ncc4c(N5CC(C)CCC(C)C5)nc(OCC56CCC(COC(=O)N7CCC(OC8CCN(c9ccc%10c(c9)C[N+]([O-])(C9CCC(=O)NC9=O)C%10)CC8)CC7)N5CC(=C)C6)nc4c3CC)c12. The molecule has 0 saturated carbocycles.